The summed E-state index contributed by atoms with van der Waals surface area (Å²) in [6.45, 7) is -1.72. The molecule has 0 radical (unpaired) electrons. The van der Waals surface area contributed by atoms with E-state index in [0.29, 0.717) is 0 Å². The van der Waals surface area contributed by atoms with Crippen molar-refractivity contribution in [3.63, 3.8) is 0 Å². The van der Waals surface area contributed by atoms with Crippen LogP contribution in [0.15, 0.2) is 0 Å². The molecule has 0 aromatic heterocycles. The number of carbonyl (C=O) groups excluding carboxylic acids is 1. The summed E-state index contributed by atoms with van der Waals surface area (Å²) >= 11 is 17.9. The molecule has 0 amide bonds. The number of hydrogen-bond donors (Lipinski definition) is 0. The minimum atomic E-state index is -1.72. The third kappa shape index (κ3) is 139. The molecular formula is CHCl3CoOSi. The Kier molecular flexibility index (Phi) is 16.1. The van der Waals surface area contributed by atoms with Crippen LogP contribution in [-0.2, 0) is 20.1 Å². The molecule has 0 atom stereocenters. The fourth-order valence-corrected chi connectivity index (χ4v) is 0. The number of hydrogen-bond acceptors (Lipinski definition) is 1. The fourth-order valence-electron chi connectivity index (χ4n) is 0. The van der Waals surface area contributed by atoms with E-state index >= 15 is 0 Å². The third-order valence-corrected chi connectivity index (χ3v) is 0. The SMILES string of the molecule is Cl[SiH](Cl)Cl.O=[C]=[Co]. The van der Waals surface area contributed by atoms with Crippen molar-refractivity contribution < 1.29 is 20.1 Å². The Balaban J connectivity index is 0. The van der Waals surface area contributed by atoms with Gasteiger partial charge in [-0.05, 0) is 0 Å². The van der Waals surface area contributed by atoms with Crippen LogP contribution < -0.4 is 0 Å². The summed E-state index contributed by atoms with van der Waals surface area (Å²) in [4.78, 5) is 9.73. The van der Waals surface area contributed by atoms with Crippen LogP contribution in [0.2, 0.25) is 0 Å². The van der Waals surface area contributed by atoms with E-state index in [9.17, 15) is 0 Å². The molecule has 0 aromatic rings. The summed E-state index contributed by atoms with van der Waals surface area (Å²) < 4.78 is 0. The van der Waals surface area contributed by atoms with Gasteiger partial charge in [-0.15, -0.1) is 33.2 Å². The standard InChI is InChI=1S/CO.Cl3HSi.Co/c1-2;1-4(2)3;/h;4H;. The fraction of sp³-hybridized carbons (Fsp3) is 0. The van der Waals surface area contributed by atoms with Crippen molar-refractivity contribution in [1.82, 2.24) is 0 Å². The van der Waals surface area contributed by atoms with Gasteiger partial charge in [0, 0.05) is 0 Å². The Bertz CT molecular complexity index is 57.2. The Morgan fingerprint density at radius 1 is 1.43 bits per heavy atom. The zero-order chi connectivity index (χ0) is 6.28. The molecule has 0 aromatic carbocycles. The zero-order valence-electron chi connectivity index (χ0n) is 2.95. The number of halogens is 3. The van der Waals surface area contributed by atoms with Gasteiger partial charge in [-0.25, -0.2) is 0 Å². The average molecular weight is 222 g/mol. The van der Waals surface area contributed by atoms with Crippen LogP contribution in [0.1, 0.15) is 0 Å². The van der Waals surface area contributed by atoms with E-state index in [0.717, 1.165) is 0 Å². The van der Waals surface area contributed by atoms with Crippen molar-refractivity contribution in [3.8, 4) is 0 Å². The zero-order valence-corrected chi connectivity index (χ0v) is 7.42. The Hall–Kier alpha value is 1.17. The Morgan fingerprint density at radius 3 is 1.43 bits per heavy atom. The van der Waals surface area contributed by atoms with Crippen molar-refractivity contribution in [2.24, 2.45) is 0 Å². The maximum atomic E-state index is 8.54. The first-order chi connectivity index (χ1) is 3.15. The van der Waals surface area contributed by atoms with Crippen LogP contribution in [0.5, 0.6) is 0 Å². The predicted molar refractivity (Wildman–Crippen MR) is 30.4 cm³/mol. The van der Waals surface area contributed by atoms with Crippen molar-refractivity contribution in [2.75, 3.05) is 0 Å². The Labute approximate surface area is 64.8 Å². The predicted octanol–water partition coefficient (Wildman–Crippen LogP) is 1.02. The molecule has 0 rings (SSSR count). The van der Waals surface area contributed by atoms with E-state index in [1.54, 1.807) is 0 Å². The van der Waals surface area contributed by atoms with E-state index in [4.69, 9.17) is 38.0 Å². The molecule has 0 saturated carbocycles. The van der Waals surface area contributed by atoms with Crippen LogP contribution in [0.4, 0.5) is 0 Å². The van der Waals surface area contributed by atoms with Crippen molar-refractivity contribution in [1.29, 1.82) is 0 Å². The topological polar surface area (TPSA) is 17.1 Å². The molecule has 0 bridgehead atoms. The van der Waals surface area contributed by atoms with Crippen LogP contribution >= 0.6 is 33.2 Å². The van der Waals surface area contributed by atoms with Crippen LogP contribution in [0, 0.1) is 0 Å². The van der Waals surface area contributed by atoms with E-state index in [-0.39, 0.29) is 0 Å². The summed E-state index contributed by atoms with van der Waals surface area (Å²) in [7, 11) is 0. The van der Waals surface area contributed by atoms with E-state index in [2.05, 4.69) is 15.3 Å². The first-order valence-electron chi connectivity index (χ1n) is 1.03. The Morgan fingerprint density at radius 2 is 1.43 bits per heavy atom. The van der Waals surface area contributed by atoms with Gasteiger partial charge in [0.25, 0.3) is 0 Å². The normalized spacial score (nSPS) is 6.43. The summed E-state index contributed by atoms with van der Waals surface area (Å²) in [5, 5.41) is 0. The molecule has 45 valence electrons. The second-order valence-corrected chi connectivity index (χ2v) is 6.96. The van der Waals surface area contributed by atoms with Gasteiger partial charge in [-0.2, -0.15) is 0 Å². The molecule has 7 heavy (non-hydrogen) atoms. The first kappa shape index (κ1) is 11.0. The number of rotatable bonds is 0. The maximum absolute atomic E-state index is 8.54. The molecule has 0 N–H and O–H groups in total. The van der Waals surface area contributed by atoms with E-state index < -0.39 is 6.73 Å². The summed E-state index contributed by atoms with van der Waals surface area (Å²) in [5.41, 5.74) is 0. The third-order valence-electron chi connectivity index (χ3n) is 0. The van der Waals surface area contributed by atoms with E-state index in [1.807, 2.05) is 0 Å². The van der Waals surface area contributed by atoms with Gasteiger partial charge >= 0.3 is 31.6 Å². The monoisotopic (exact) mass is 221 g/mol. The van der Waals surface area contributed by atoms with Gasteiger partial charge < -0.3 is 0 Å². The van der Waals surface area contributed by atoms with Crippen molar-refractivity contribution >= 4 is 44.8 Å². The van der Waals surface area contributed by atoms with Gasteiger partial charge in [0.15, 0.2) is 0 Å². The second-order valence-electron chi connectivity index (χ2n) is 0.315. The molecule has 0 heterocycles. The van der Waals surface area contributed by atoms with Gasteiger partial charge in [-0.3, -0.25) is 0 Å². The quantitative estimate of drug-likeness (QED) is 0.442. The summed E-state index contributed by atoms with van der Waals surface area (Å²) in [6.07, 6.45) is 0. The molecule has 1 nitrogen and oxygen atoms in total. The minimum absolute atomic E-state index is 1.19. The molecule has 0 unspecified atom stereocenters. The summed E-state index contributed by atoms with van der Waals surface area (Å²) in [5.74, 6) is 0. The molecule has 0 spiro atoms. The van der Waals surface area contributed by atoms with Gasteiger partial charge in [-0.1, -0.05) is 0 Å². The van der Waals surface area contributed by atoms with Gasteiger partial charge in [0.05, 0.1) is 0 Å². The van der Waals surface area contributed by atoms with Crippen LogP contribution in [0.3, 0.4) is 0 Å². The van der Waals surface area contributed by atoms with Crippen molar-refractivity contribution in [2.45, 2.75) is 0 Å². The van der Waals surface area contributed by atoms with Crippen LogP contribution in [-0.4, -0.2) is 11.5 Å². The first-order valence-corrected chi connectivity index (χ1v) is 6.78. The average Bonchev–Trinajstić information content (AvgIpc) is 1.33. The van der Waals surface area contributed by atoms with Gasteiger partial charge in [0.1, 0.15) is 0 Å². The van der Waals surface area contributed by atoms with Gasteiger partial charge in [0.2, 0.25) is 0 Å². The molecular weight excluding hydrogens is 221 g/mol. The van der Waals surface area contributed by atoms with Crippen LogP contribution in [0.25, 0.3) is 0 Å². The molecule has 6 heteroatoms. The molecule has 0 fully saturated rings. The molecule has 0 aliphatic rings. The second kappa shape index (κ2) is 10.2. The molecule has 0 aliphatic carbocycles. The summed E-state index contributed by atoms with van der Waals surface area (Å²) in [6, 6.07) is 0. The van der Waals surface area contributed by atoms with Crippen molar-refractivity contribution in [3.05, 3.63) is 0 Å². The molecule has 0 saturated heterocycles. The van der Waals surface area contributed by atoms with E-state index in [1.165, 1.54) is 4.82 Å². The molecule has 0 aliphatic heterocycles.